The molecule has 0 aliphatic carbocycles. The smallest absolute Gasteiger partial charge is 0.0542 e. The Morgan fingerprint density at radius 1 is 0.455 bits per heavy atom. The summed E-state index contributed by atoms with van der Waals surface area (Å²) in [4.78, 5) is 0. The van der Waals surface area contributed by atoms with E-state index in [4.69, 9.17) is 0 Å². The summed E-state index contributed by atoms with van der Waals surface area (Å²) in [7, 11) is 0. The monoisotopic (exact) mass is 620 g/mol. The molecule has 0 saturated carbocycles. The second-order valence-corrected chi connectivity index (χ2v) is 17.0. The van der Waals surface area contributed by atoms with Crippen LogP contribution in [0.5, 0.6) is 0 Å². The van der Waals surface area contributed by atoms with E-state index < -0.39 is 0 Å². The first-order valence-electron chi connectivity index (χ1n) is 17.5. The van der Waals surface area contributed by atoms with Gasteiger partial charge in [0.1, 0.15) is 0 Å². The number of aryl methyl sites for hydroxylation is 2. The zero-order chi connectivity index (χ0) is 30.8. The third kappa shape index (κ3) is 7.34. The molecule has 6 rings (SSSR count). The molecule has 2 aromatic heterocycles. The van der Waals surface area contributed by atoms with E-state index in [-0.39, 0.29) is 0 Å². The predicted octanol–water partition coefficient (Wildman–Crippen LogP) is 14.4. The van der Waals surface area contributed by atoms with E-state index in [1.807, 2.05) is 22.7 Å². The van der Waals surface area contributed by atoms with Gasteiger partial charge in [-0.1, -0.05) is 116 Å². The topological polar surface area (TPSA) is 0 Å². The van der Waals surface area contributed by atoms with Gasteiger partial charge in [0.15, 0.2) is 0 Å². The van der Waals surface area contributed by atoms with Gasteiger partial charge in [-0.3, -0.25) is 0 Å². The maximum absolute atomic E-state index is 2.46. The molecule has 0 N–H and O–H groups in total. The Morgan fingerprint density at radius 3 is 1.30 bits per heavy atom. The number of hydrogen-bond acceptors (Lipinski definition) is 2. The van der Waals surface area contributed by atoms with Gasteiger partial charge in [0.05, 0.1) is 9.40 Å². The molecule has 2 heteroatoms. The summed E-state index contributed by atoms with van der Waals surface area (Å²) in [5, 5.41) is 8.40. The van der Waals surface area contributed by atoms with Crippen molar-refractivity contribution in [2.24, 2.45) is 23.7 Å². The van der Waals surface area contributed by atoms with Crippen molar-refractivity contribution in [3.8, 4) is 0 Å². The third-order valence-corrected chi connectivity index (χ3v) is 12.4. The second kappa shape index (κ2) is 13.9. The van der Waals surface area contributed by atoms with Crippen LogP contribution >= 0.6 is 22.7 Å². The molecule has 6 aromatic rings. The van der Waals surface area contributed by atoms with Gasteiger partial charge >= 0.3 is 0 Å². The molecule has 4 aromatic carbocycles. The van der Waals surface area contributed by atoms with E-state index in [9.17, 15) is 0 Å². The molecule has 0 bridgehead atoms. The standard InChI is InChI=1S/C42H52S2/c1-27(2)9-7-11-29(5)13-15-31-17-19-33-23-37-39(25-35(33)21-31)43-42-38-24-34-20-18-32(16-14-30(6)12-8-10-28(3)4)22-36(34)26-40(38)44-41(37)42/h17-30H,7-16H2,1-6H3. The summed E-state index contributed by atoms with van der Waals surface area (Å²) in [5.41, 5.74) is 2.98. The molecule has 0 spiro atoms. The predicted molar refractivity (Wildman–Crippen MR) is 202 cm³/mol. The molecule has 0 radical (unpaired) electrons. The average Bonchev–Trinajstić information content (AvgIpc) is 3.51. The molecule has 2 atom stereocenters. The van der Waals surface area contributed by atoms with Crippen LogP contribution < -0.4 is 0 Å². The van der Waals surface area contributed by atoms with Crippen LogP contribution in [0.4, 0.5) is 0 Å². The van der Waals surface area contributed by atoms with E-state index in [0.29, 0.717) is 0 Å². The Bertz CT molecular complexity index is 1730. The van der Waals surface area contributed by atoms with Gasteiger partial charge in [-0.25, -0.2) is 0 Å². The largest absolute Gasteiger partial charge is 0.134 e. The third-order valence-electron chi connectivity index (χ3n) is 9.93. The molecule has 2 unspecified atom stereocenters. The van der Waals surface area contributed by atoms with E-state index in [1.54, 1.807) is 0 Å². The van der Waals surface area contributed by atoms with Crippen molar-refractivity contribution in [2.45, 2.75) is 106 Å². The van der Waals surface area contributed by atoms with Gasteiger partial charge < -0.3 is 0 Å². The zero-order valence-corrected chi connectivity index (χ0v) is 29.6. The summed E-state index contributed by atoms with van der Waals surface area (Å²) in [6.45, 7) is 14.2. The molecule has 0 fully saturated rings. The molecule has 44 heavy (non-hydrogen) atoms. The highest BCUT2D eigenvalue weighted by Gasteiger charge is 2.15. The zero-order valence-electron chi connectivity index (χ0n) is 28.0. The fraction of sp³-hybridized carbons (Fsp3) is 0.476. The molecule has 0 aliphatic heterocycles. The quantitative estimate of drug-likeness (QED) is 0.114. The molecular weight excluding hydrogens is 569 g/mol. The van der Waals surface area contributed by atoms with Crippen LogP contribution in [0.15, 0.2) is 60.7 Å². The molecule has 0 amide bonds. The van der Waals surface area contributed by atoms with Crippen molar-refractivity contribution in [3.05, 3.63) is 71.8 Å². The van der Waals surface area contributed by atoms with Crippen LogP contribution in [0, 0.1) is 23.7 Å². The molecule has 232 valence electrons. The number of benzene rings is 4. The van der Waals surface area contributed by atoms with Crippen molar-refractivity contribution < 1.29 is 0 Å². The van der Waals surface area contributed by atoms with E-state index in [1.165, 1.54) is 126 Å². The van der Waals surface area contributed by atoms with E-state index in [2.05, 4.69) is 102 Å². The first-order valence-corrected chi connectivity index (χ1v) is 19.1. The fourth-order valence-electron chi connectivity index (χ4n) is 7.02. The molecular formula is C42H52S2. The first-order chi connectivity index (χ1) is 21.2. The SMILES string of the molecule is CC(C)CCCC(C)CCc1ccc2cc3c(cc2c1)sc1c2cc4ccc(CCC(C)CCCC(C)C)cc4cc2sc31. The van der Waals surface area contributed by atoms with Crippen molar-refractivity contribution in [1.29, 1.82) is 0 Å². The minimum Gasteiger partial charge on any atom is -0.134 e. The highest BCUT2D eigenvalue weighted by Crippen LogP contribution is 2.46. The molecule has 0 nitrogen and oxygen atoms in total. The normalized spacial score (nSPS) is 13.9. The van der Waals surface area contributed by atoms with Crippen molar-refractivity contribution in [3.63, 3.8) is 0 Å². The van der Waals surface area contributed by atoms with Crippen molar-refractivity contribution >= 4 is 73.8 Å². The summed E-state index contributed by atoms with van der Waals surface area (Å²) < 4.78 is 5.79. The minimum absolute atomic E-state index is 0.806. The maximum atomic E-state index is 2.46. The Hall–Kier alpha value is -2.42. The lowest BCUT2D eigenvalue weighted by Gasteiger charge is -2.12. The fourth-order valence-corrected chi connectivity index (χ4v) is 9.71. The van der Waals surface area contributed by atoms with Crippen LogP contribution in [-0.2, 0) is 12.8 Å². The average molecular weight is 621 g/mol. The van der Waals surface area contributed by atoms with Gasteiger partial charge in [0.25, 0.3) is 0 Å². The minimum atomic E-state index is 0.806. The highest BCUT2D eigenvalue weighted by molar-refractivity contribution is 7.36. The van der Waals surface area contributed by atoms with Crippen LogP contribution in [0.25, 0.3) is 51.1 Å². The van der Waals surface area contributed by atoms with Gasteiger partial charge in [-0.15, -0.1) is 22.7 Å². The summed E-state index contributed by atoms with van der Waals surface area (Å²) >= 11 is 3.98. The van der Waals surface area contributed by atoms with Crippen molar-refractivity contribution in [2.75, 3.05) is 0 Å². The molecule has 2 heterocycles. The van der Waals surface area contributed by atoms with E-state index in [0.717, 1.165) is 23.7 Å². The molecule has 0 aliphatic rings. The van der Waals surface area contributed by atoms with Gasteiger partial charge in [0.2, 0.25) is 0 Å². The summed E-state index contributed by atoms with van der Waals surface area (Å²) in [6, 6.07) is 24.2. The van der Waals surface area contributed by atoms with Crippen LogP contribution in [0.1, 0.15) is 104 Å². The number of fused-ring (bicyclic) bond motifs is 7. The lowest BCUT2D eigenvalue weighted by molar-refractivity contribution is 0.437. The lowest BCUT2D eigenvalue weighted by Crippen LogP contribution is -1.99. The maximum Gasteiger partial charge on any atom is 0.0542 e. The van der Waals surface area contributed by atoms with Crippen LogP contribution in [0.3, 0.4) is 0 Å². The van der Waals surface area contributed by atoms with Gasteiger partial charge in [-0.05, 0) is 106 Å². The number of rotatable bonds is 14. The number of thiophene rings is 2. The summed E-state index contributed by atoms with van der Waals surface area (Å²) in [5.74, 6) is 3.26. The Morgan fingerprint density at radius 2 is 0.886 bits per heavy atom. The lowest BCUT2D eigenvalue weighted by atomic mass is 9.93. The first kappa shape index (κ1) is 31.6. The van der Waals surface area contributed by atoms with Crippen LogP contribution in [-0.4, -0.2) is 0 Å². The van der Waals surface area contributed by atoms with Crippen LogP contribution in [0.2, 0.25) is 0 Å². The van der Waals surface area contributed by atoms with Crippen molar-refractivity contribution in [1.82, 2.24) is 0 Å². The second-order valence-electron chi connectivity index (χ2n) is 14.9. The Kier molecular flexibility index (Phi) is 9.98. The van der Waals surface area contributed by atoms with E-state index >= 15 is 0 Å². The molecule has 0 saturated heterocycles. The Labute approximate surface area is 273 Å². The van der Waals surface area contributed by atoms with Gasteiger partial charge in [-0.2, -0.15) is 0 Å². The highest BCUT2D eigenvalue weighted by atomic mass is 32.1. The Balaban J connectivity index is 1.20. The van der Waals surface area contributed by atoms with Gasteiger partial charge in [0, 0.05) is 20.2 Å². The number of hydrogen-bond donors (Lipinski definition) is 0. The summed E-state index contributed by atoms with van der Waals surface area (Å²) in [6.07, 6.45) is 13.1.